The summed E-state index contributed by atoms with van der Waals surface area (Å²) in [7, 11) is 0. The van der Waals surface area contributed by atoms with Crippen molar-refractivity contribution in [2.75, 3.05) is 13.1 Å². The number of hydrogen-bond donors (Lipinski definition) is 4. The molecule has 2 bridgehead atoms. The van der Waals surface area contributed by atoms with Crippen LogP contribution in [0.1, 0.15) is 72.9 Å². The third kappa shape index (κ3) is 6.06. The molecular weight excluding hydrogens is 502 g/mol. The summed E-state index contributed by atoms with van der Waals surface area (Å²) in [6.45, 7) is -7.18. The Morgan fingerprint density at radius 1 is 1.18 bits per heavy atom. The number of likely N-dealkylation sites (tertiary alicyclic amines) is 1. The number of hydrogen-bond acceptors (Lipinski definition) is 6. The molecule has 39 heavy (non-hydrogen) atoms. The van der Waals surface area contributed by atoms with Crippen LogP contribution >= 0.6 is 0 Å². The van der Waals surface area contributed by atoms with E-state index in [2.05, 4.69) is 10.6 Å². The molecule has 5 N–H and O–H groups in total. The normalized spacial score (nSPS) is 35.3. The molecule has 2 aliphatic heterocycles. The molecule has 4 aliphatic rings. The van der Waals surface area contributed by atoms with Gasteiger partial charge in [-0.05, 0) is 69.1 Å². The van der Waals surface area contributed by atoms with E-state index in [1.54, 1.807) is 0 Å². The van der Waals surface area contributed by atoms with Gasteiger partial charge in [0.05, 0.1) is 0 Å². The van der Waals surface area contributed by atoms with E-state index in [1.165, 1.54) is 20.8 Å². The number of nitrogens with one attached hydrogen (secondary N) is 3. The fraction of sp³-hybridized carbons (Fsp3) is 0.750. The third-order valence-corrected chi connectivity index (χ3v) is 8.03. The van der Waals surface area contributed by atoms with Crippen LogP contribution in [0.3, 0.4) is 0 Å². The van der Waals surface area contributed by atoms with Gasteiger partial charge in [-0.2, -0.15) is 0 Å². The first kappa shape index (κ1) is 19.0. The average Bonchev–Trinajstić information content (AvgIpc) is 3.66. The van der Waals surface area contributed by atoms with Gasteiger partial charge in [0.15, 0.2) is 0 Å². The molecule has 5 amide bonds. The minimum Gasteiger partial charge on any atom is -0.444 e. The molecule has 8 atom stereocenters. The molecule has 11 heteroatoms. The Balaban J connectivity index is 1.81. The number of primary amides is 1. The topological polar surface area (TPSA) is 160 Å². The zero-order chi connectivity index (χ0) is 36.4. The Morgan fingerprint density at radius 2 is 1.87 bits per heavy atom. The highest BCUT2D eigenvalue weighted by molar-refractivity contribution is 5.95. The molecule has 2 saturated heterocycles. The highest BCUT2D eigenvalue weighted by Crippen LogP contribution is 2.54. The quantitative estimate of drug-likeness (QED) is 0.345. The van der Waals surface area contributed by atoms with E-state index in [0.717, 1.165) is 4.90 Å². The first-order valence-electron chi connectivity index (χ1n) is 17.7. The van der Waals surface area contributed by atoms with E-state index in [9.17, 15) is 24.0 Å². The third-order valence-electron chi connectivity index (χ3n) is 8.03. The molecule has 0 unspecified atom stereocenters. The van der Waals surface area contributed by atoms with E-state index >= 15 is 0 Å². The van der Waals surface area contributed by atoms with Gasteiger partial charge >= 0.3 is 6.09 Å². The molecule has 2 aliphatic carbocycles. The van der Waals surface area contributed by atoms with Gasteiger partial charge in [-0.15, -0.1) is 0 Å². The van der Waals surface area contributed by atoms with Crippen LogP contribution in [0.4, 0.5) is 4.79 Å². The molecule has 11 nitrogen and oxygen atoms in total. The summed E-state index contributed by atoms with van der Waals surface area (Å²) < 4.78 is 79.4. The van der Waals surface area contributed by atoms with Crippen molar-refractivity contribution in [3.8, 4) is 0 Å². The Labute approximate surface area is 242 Å². The van der Waals surface area contributed by atoms with E-state index in [1.807, 2.05) is 17.5 Å². The first-order chi connectivity index (χ1) is 21.8. The Bertz CT molecular complexity index is 1320. The summed E-state index contributed by atoms with van der Waals surface area (Å²) in [6, 6.07) is -5.53. The van der Waals surface area contributed by atoms with Gasteiger partial charge in [0, 0.05) is 31.3 Å². The Morgan fingerprint density at radius 3 is 2.46 bits per heavy atom. The molecule has 2 heterocycles. The summed E-state index contributed by atoms with van der Waals surface area (Å²) in [5.74, 6) is -5.45. The summed E-state index contributed by atoms with van der Waals surface area (Å²) in [6.07, 6.45) is 3.26. The molecular formula is C28H43N5O6. The van der Waals surface area contributed by atoms with Crippen molar-refractivity contribution in [3.63, 3.8) is 0 Å². The van der Waals surface area contributed by atoms with Crippen molar-refractivity contribution in [1.29, 1.82) is 0 Å². The zero-order valence-electron chi connectivity index (χ0n) is 31.3. The standard InChI is InChI=1S/C28H43N5O6/c1-27(2,3)21(32-26(38)39-28(4,5)6)25(37)33-13-17-14-7-8-15(11-14)19(17)20(33)24(36)31-18(22(29)34)12-16-9-10-30-23(16)35/h7-8,14-21H,9-13H2,1-6H3,(H2,29,34)(H,30,35)(H,31,36)(H,32,38)/t14-,15+,16+,17-,18+,19+,20+,21-/m1/s1/i1D3,2D3,3D3. The summed E-state index contributed by atoms with van der Waals surface area (Å²) in [4.78, 5) is 67.6. The largest absolute Gasteiger partial charge is 0.444 e. The number of carbonyl (C=O) groups excluding carboxylic acids is 5. The molecule has 4 rings (SSSR count). The number of carbonyl (C=O) groups is 5. The lowest BCUT2D eigenvalue weighted by Crippen LogP contribution is -2.60. The van der Waals surface area contributed by atoms with Gasteiger partial charge in [0.1, 0.15) is 23.7 Å². The maximum atomic E-state index is 14.7. The minimum absolute atomic E-state index is 0.0999. The van der Waals surface area contributed by atoms with Crippen molar-refractivity contribution < 1.29 is 41.0 Å². The summed E-state index contributed by atoms with van der Waals surface area (Å²) >= 11 is 0. The molecule has 1 saturated carbocycles. The van der Waals surface area contributed by atoms with Crippen LogP contribution in [-0.4, -0.2) is 71.4 Å². The number of alkyl carbamates (subject to hydrolysis) is 1. The minimum atomic E-state index is -3.90. The molecule has 0 aromatic carbocycles. The second kappa shape index (κ2) is 10.5. The maximum absolute atomic E-state index is 14.7. The molecule has 0 spiro atoms. The number of nitrogens with two attached hydrogens (primary N) is 1. The molecule has 0 aromatic heterocycles. The fourth-order valence-electron chi connectivity index (χ4n) is 6.38. The fourth-order valence-corrected chi connectivity index (χ4v) is 6.38. The molecule has 0 aromatic rings. The van der Waals surface area contributed by atoms with E-state index in [0.29, 0.717) is 19.4 Å². The number of amides is 5. The van der Waals surface area contributed by atoms with E-state index in [4.69, 9.17) is 22.8 Å². The van der Waals surface area contributed by atoms with Crippen molar-refractivity contribution >= 4 is 29.7 Å². The lowest BCUT2D eigenvalue weighted by Gasteiger charge is -2.37. The SMILES string of the molecule is [2H]C([2H])([2H])C([C@H](NC(=O)OC(C)(C)C)C(=O)N1C[C@H]2[C@@H]([C@H]1C(=O)N[C@@H](C[C@@H]1CCNC1=O)C(N)=O)[C@H]1C=C[C@@H]2C1)(C([2H])([2H])[2H])C([2H])([2H])[2H]. The second-order valence-electron chi connectivity index (χ2n) is 12.0. The van der Waals surface area contributed by atoms with Crippen molar-refractivity contribution in [1.82, 2.24) is 20.9 Å². The second-order valence-corrected chi connectivity index (χ2v) is 12.0. The van der Waals surface area contributed by atoms with Gasteiger partial charge < -0.3 is 31.3 Å². The molecule has 216 valence electrons. The number of rotatable bonds is 7. The Hall–Kier alpha value is -3.11. The van der Waals surface area contributed by atoms with Gasteiger partial charge in [-0.25, -0.2) is 4.79 Å². The number of ether oxygens (including phenoxy) is 1. The molecule has 0 radical (unpaired) electrons. The van der Waals surface area contributed by atoms with Crippen LogP contribution in [0.2, 0.25) is 0 Å². The predicted molar refractivity (Wildman–Crippen MR) is 143 cm³/mol. The number of fused-ring (bicyclic) bond motifs is 5. The number of nitrogens with zero attached hydrogens (tertiary/aromatic N) is 1. The van der Waals surface area contributed by atoms with Crippen molar-refractivity contribution in [2.45, 2.75) is 84.3 Å². The van der Waals surface area contributed by atoms with Crippen LogP contribution < -0.4 is 21.7 Å². The molecule has 3 fully saturated rings. The maximum Gasteiger partial charge on any atom is 0.408 e. The van der Waals surface area contributed by atoms with Gasteiger partial charge in [0.25, 0.3) is 0 Å². The van der Waals surface area contributed by atoms with Crippen LogP contribution in [0.5, 0.6) is 0 Å². The lowest BCUT2D eigenvalue weighted by molar-refractivity contribution is -0.144. The monoisotopic (exact) mass is 554 g/mol. The van der Waals surface area contributed by atoms with Gasteiger partial charge in [-0.3, -0.25) is 19.2 Å². The van der Waals surface area contributed by atoms with Crippen molar-refractivity contribution in [3.05, 3.63) is 12.2 Å². The van der Waals surface area contributed by atoms with E-state index < -0.39 is 85.3 Å². The summed E-state index contributed by atoms with van der Waals surface area (Å²) in [5, 5.41) is 7.17. The number of allylic oxidation sites excluding steroid dienone is 2. The van der Waals surface area contributed by atoms with Gasteiger partial charge in [0.2, 0.25) is 23.6 Å². The van der Waals surface area contributed by atoms with Crippen molar-refractivity contribution in [2.24, 2.45) is 40.7 Å². The smallest absolute Gasteiger partial charge is 0.408 e. The first-order valence-corrected chi connectivity index (χ1v) is 13.2. The lowest BCUT2D eigenvalue weighted by atomic mass is 9.81. The van der Waals surface area contributed by atoms with Crippen LogP contribution in [-0.2, 0) is 23.9 Å². The zero-order valence-corrected chi connectivity index (χ0v) is 22.3. The van der Waals surface area contributed by atoms with Crippen LogP contribution in [0, 0.1) is 35.0 Å². The van der Waals surface area contributed by atoms with E-state index in [-0.39, 0.29) is 36.6 Å². The average molecular weight is 555 g/mol. The highest BCUT2D eigenvalue weighted by atomic mass is 16.6. The van der Waals surface area contributed by atoms with Crippen LogP contribution in [0.25, 0.3) is 0 Å². The Kier molecular flexibility index (Phi) is 5.11. The predicted octanol–water partition coefficient (Wildman–Crippen LogP) is 1.07. The highest BCUT2D eigenvalue weighted by Gasteiger charge is 2.59. The van der Waals surface area contributed by atoms with Gasteiger partial charge in [-0.1, -0.05) is 32.7 Å². The van der Waals surface area contributed by atoms with Crippen LogP contribution in [0.15, 0.2) is 12.2 Å². The summed E-state index contributed by atoms with van der Waals surface area (Å²) in [5.41, 5.74) is 0.515.